The Bertz CT molecular complexity index is 948. The highest BCUT2D eigenvalue weighted by Crippen LogP contribution is 2.63. The molecular formula is C32H46S6. The van der Waals surface area contributed by atoms with Crippen LogP contribution in [-0.2, 0) is 0 Å². The molecule has 1 aliphatic carbocycles. The number of unbranched alkanes of at least 4 members (excludes halogenated alkanes) is 14. The second-order valence-electron chi connectivity index (χ2n) is 10.4. The third kappa shape index (κ3) is 9.14. The Morgan fingerprint density at radius 2 is 0.921 bits per heavy atom. The molecule has 3 heterocycles. The molecular weight excluding hydrogens is 577 g/mol. The van der Waals surface area contributed by atoms with E-state index in [1.807, 2.05) is 22.7 Å². The van der Waals surface area contributed by atoms with E-state index in [4.69, 9.17) is 0 Å². The smallest absolute Gasteiger partial charge is 0.0660 e. The maximum absolute atomic E-state index is 2.36. The summed E-state index contributed by atoms with van der Waals surface area (Å²) in [7, 11) is 0. The number of rotatable bonds is 20. The van der Waals surface area contributed by atoms with Gasteiger partial charge >= 0.3 is 0 Å². The molecule has 210 valence electrons. The molecule has 1 aliphatic heterocycles. The zero-order valence-corrected chi connectivity index (χ0v) is 28.4. The van der Waals surface area contributed by atoms with Crippen LogP contribution in [0.4, 0.5) is 0 Å². The van der Waals surface area contributed by atoms with E-state index in [1.54, 1.807) is 8.47 Å². The number of hydrogen-bond acceptors (Lipinski definition) is 6. The van der Waals surface area contributed by atoms with Crippen LogP contribution in [0.1, 0.15) is 128 Å². The normalized spacial score (nSPS) is 14.7. The predicted molar refractivity (Wildman–Crippen MR) is 186 cm³/mol. The first-order valence-electron chi connectivity index (χ1n) is 15.1. The third-order valence-corrected chi connectivity index (χ3v) is 15.0. The minimum atomic E-state index is 1.27. The molecule has 6 heteroatoms. The summed E-state index contributed by atoms with van der Waals surface area (Å²) in [5.41, 5.74) is 4.47. The number of hydrogen-bond donors (Lipinski definition) is 0. The lowest BCUT2D eigenvalue weighted by Gasteiger charge is -2.06. The van der Waals surface area contributed by atoms with Crippen molar-refractivity contribution in [3.63, 3.8) is 0 Å². The molecule has 0 saturated heterocycles. The molecule has 2 aliphatic rings. The molecule has 0 saturated carbocycles. The van der Waals surface area contributed by atoms with Gasteiger partial charge in [-0.1, -0.05) is 127 Å². The summed E-state index contributed by atoms with van der Waals surface area (Å²) in [5, 5.41) is 4.56. The Kier molecular flexibility index (Phi) is 14.8. The van der Waals surface area contributed by atoms with Crippen LogP contribution in [0.2, 0.25) is 0 Å². The summed E-state index contributed by atoms with van der Waals surface area (Å²) in [6.45, 7) is 4.61. The van der Waals surface area contributed by atoms with Crippen molar-refractivity contribution in [3.05, 3.63) is 46.7 Å². The van der Waals surface area contributed by atoms with Crippen molar-refractivity contribution in [2.24, 2.45) is 0 Å². The Morgan fingerprint density at radius 1 is 0.526 bits per heavy atom. The maximum atomic E-state index is 2.36. The van der Waals surface area contributed by atoms with Gasteiger partial charge in [0.2, 0.25) is 0 Å². The lowest BCUT2D eigenvalue weighted by molar-refractivity contribution is 0.586. The van der Waals surface area contributed by atoms with E-state index in [0.717, 1.165) is 0 Å². The largest absolute Gasteiger partial charge is 0.142 e. The van der Waals surface area contributed by atoms with Crippen LogP contribution < -0.4 is 0 Å². The van der Waals surface area contributed by atoms with Crippen molar-refractivity contribution >= 4 is 75.3 Å². The molecule has 0 N–H and O–H groups in total. The van der Waals surface area contributed by atoms with Gasteiger partial charge in [-0.25, -0.2) is 0 Å². The van der Waals surface area contributed by atoms with Crippen molar-refractivity contribution < 1.29 is 0 Å². The van der Waals surface area contributed by atoms with Gasteiger partial charge in [-0.2, -0.15) is 0 Å². The molecule has 4 rings (SSSR count). The summed E-state index contributed by atoms with van der Waals surface area (Å²) in [5.74, 6) is 2.55. The number of thiophene rings is 2. The quantitative estimate of drug-likeness (QED) is 0.115. The van der Waals surface area contributed by atoms with Gasteiger partial charge in [0.25, 0.3) is 0 Å². The van der Waals surface area contributed by atoms with E-state index in [1.165, 1.54) is 145 Å². The van der Waals surface area contributed by atoms with E-state index in [9.17, 15) is 0 Å². The average molecular weight is 623 g/mol. The summed E-state index contributed by atoms with van der Waals surface area (Å²) in [4.78, 5) is 2.98. The Labute approximate surface area is 258 Å². The first-order chi connectivity index (χ1) is 18.8. The van der Waals surface area contributed by atoms with Gasteiger partial charge in [0.15, 0.2) is 0 Å². The summed E-state index contributed by atoms with van der Waals surface area (Å²) in [6.07, 6.45) is 22.5. The molecule has 0 amide bonds. The summed E-state index contributed by atoms with van der Waals surface area (Å²) in [6, 6.07) is 4.71. The Balaban J connectivity index is 1.29. The third-order valence-electron chi connectivity index (χ3n) is 7.28. The molecule has 38 heavy (non-hydrogen) atoms. The monoisotopic (exact) mass is 622 g/mol. The van der Waals surface area contributed by atoms with Crippen LogP contribution in [0.15, 0.2) is 35.6 Å². The van der Waals surface area contributed by atoms with Crippen LogP contribution >= 0.6 is 69.7 Å². The molecule has 0 fully saturated rings. The second-order valence-corrected chi connectivity index (χ2v) is 17.3. The second kappa shape index (κ2) is 18.0. The van der Waals surface area contributed by atoms with E-state index < -0.39 is 0 Å². The van der Waals surface area contributed by atoms with E-state index in [-0.39, 0.29) is 0 Å². The average Bonchev–Trinajstić information content (AvgIpc) is 3.70. The SMILES string of the molecule is CCCCCCCCCCSC1=C(SCCCCCCCCCC)SC(=C2c3ccsc3-c3sccc32)S1. The fourth-order valence-electron chi connectivity index (χ4n) is 5.08. The predicted octanol–water partition coefficient (Wildman–Crippen LogP) is 13.9. The van der Waals surface area contributed by atoms with E-state index in [0.29, 0.717) is 0 Å². The summed E-state index contributed by atoms with van der Waals surface area (Å²) >= 11 is 12.3. The molecule has 0 aromatic carbocycles. The maximum Gasteiger partial charge on any atom is 0.0660 e. The van der Waals surface area contributed by atoms with Gasteiger partial charge in [-0.3, -0.25) is 0 Å². The highest BCUT2D eigenvalue weighted by molar-refractivity contribution is 8.40. The van der Waals surface area contributed by atoms with Crippen LogP contribution in [0, 0.1) is 0 Å². The highest BCUT2D eigenvalue weighted by atomic mass is 32.3. The Hall–Kier alpha value is 0.280. The van der Waals surface area contributed by atoms with E-state index >= 15 is 0 Å². The number of fused-ring (bicyclic) bond motifs is 3. The van der Waals surface area contributed by atoms with Crippen molar-refractivity contribution in [2.45, 2.75) is 117 Å². The van der Waals surface area contributed by atoms with Crippen molar-refractivity contribution in [3.8, 4) is 9.75 Å². The van der Waals surface area contributed by atoms with Crippen molar-refractivity contribution in [1.82, 2.24) is 0 Å². The molecule has 2 aromatic rings. The van der Waals surface area contributed by atoms with Gasteiger partial charge in [-0.05, 0) is 47.2 Å². The first-order valence-corrected chi connectivity index (χ1v) is 20.5. The van der Waals surface area contributed by atoms with Crippen molar-refractivity contribution in [2.75, 3.05) is 11.5 Å². The van der Waals surface area contributed by atoms with Gasteiger partial charge in [0, 0.05) is 16.7 Å². The van der Waals surface area contributed by atoms with Crippen LogP contribution in [0.3, 0.4) is 0 Å². The lowest BCUT2D eigenvalue weighted by Crippen LogP contribution is -1.85. The van der Waals surface area contributed by atoms with Gasteiger partial charge in [0.1, 0.15) is 0 Å². The van der Waals surface area contributed by atoms with E-state index in [2.05, 4.69) is 83.8 Å². The van der Waals surface area contributed by atoms with Gasteiger partial charge in [0.05, 0.1) is 22.5 Å². The molecule has 0 spiro atoms. The highest BCUT2D eigenvalue weighted by Gasteiger charge is 2.33. The molecule has 0 atom stereocenters. The minimum absolute atomic E-state index is 1.27. The topological polar surface area (TPSA) is 0 Å². The minimum Gasteiger partial charge on any atom is -0.142 e. The Morgan fingerprint density at radius 3 is 1.34 bits per heavy atom. The van der Waals surface area contributed by atoms with Crippen LogP contribution in [0.5, 0.6) is 0 Å². The molecule has 2 aromatic heterocycles. The zero-order chi connectivity index (χ0) is 26.4. The molecule has 0 bridgehead atoms. The fraction of sp³-hybridized carbons (Fsp3) is 0.625. The first kappa shape index (κ1) is 31.2. The summed E-state index contributed by atoms with van der Waals surface area (Å²) < 4.78 is 4.70. The lowest BCUT2D eigenvalue weighted by atomic mass is 10.1. The zero-order valence-electron chi connectivity index (χ0n) is 23.5. The van der Waals surface area contributed by atoms with Crippen molar-refractivity contribution in [1.29, 1.82) is 0 Å². The fourth-order valence-corrected chi connectivity index (χ4v) is 13.2. The molecule has 0 nitrogen and oxygen atoms in total. The molecule has 0 unspecified atom stereocenters. The molecule has 0 radical (unpaired) electrons. The van der Waals surface area contributed by atoms with Crippen LogP contribution in [-0.4, -0.2) is 11.5 Å². The number of thioether (sulfide) groups is 4. The van der Waals surface area contributed by atoms with Gasteiger partial charge < -0.3 is 0 Å². The van der Waals surface area contributed by atoms with Gasteiger partial charge in [-0.15, -0.1) is 46.2 Å². The van der Waals surface area contributed by atoms with Crippen LogP contribution in [0.25, 0.3) is 15.3 Å². The standard InChI is InChI=1S/C32H46S6/c1-3-5-7-9-11-13-15-17-21-35-31-32(36-22-18-16-14-12-10-8-6-4-2)38-30(37-31)27-25-19-23-33-28(25)29-26(27)20-24-34-29/h19-20,23-24H,3-18,21-22H2,1-2H3.